The summed E-state index contributed by atoms with van der Waals surface area (Å²) >= 11 is 0. The molecule has 1 saturated carbocycles. The van der Waals surface area contributed by atoms with Gasteiger partial charge in [0.2, 0.25) is 0 Å². The standard InChI is InChI=1S/C11H21NO3/c1-11(2,3)12-10(13)15-9-5-8(6-9)7-14-4/h8-9H,5-7H2,1-4H3,(H,12,13). The number of amides is 1. The Balaban J connectivity index is 2.14. The Morgan fingerprint density at radius 3 is 2.47 bits per heavy atom. The molecule has 0 radical (unpaired) electrons. The van der Waals surface area contributed by atoms with Crippen molar-refractivity contribution in [2.45, 2.75) is 45.3 Å². The number of carbonyl (C=O) groups excluding carboxylic acids is 1. The third kappa shape index (κ3) is 4.51. The molecule has 0 spiro atoms. The lowest BCUT2D eigenvalue weighted by atomic mass is 9.83. The van der Waals surface area contributed by atoms with Gasteiger partial charge in [-0.05, 0) is 39.5 Å². The molecule has 4 heteroatoms. The van der Waals surface area contributed by atoms with Crippen LogP contribution in [0.1, 0.15) is 33.6 Å². The average molecular weight is 215 g/mol. The minimum atomic E-state index is -0.316. The highest BCUT2D eigenvalue weighted by Gasteiger charge is 2.32. The summed E-state index contributed by atoms with van der Waals surface area (Å²) < 4.78 is 10.3. The number of ether oxygens (including phenoxy) is 2. The first-order valence-corrected chi connectivity index (χ1v) is 5.38. The second-order valence-electron chi connectivity index (χ2n) is 5.20. The van der Waals surface area contributed by atoms with Crippen molar-refractivity contribution in [2.24, 2.45) is 5.92 Å². The normalized spacial score (nSPS) is 25.6. The Morgan fingerprint density at radius 2 is 2.00 bits per heavy atom. The predicted octanol–water partition coefficient (Wildman–Crippen LogP) is 1.94. The molecule has 0 aliphatic heterocycles. The monoisotopic (exact) mass is 215 g/mol. The smallest absolute Gasteiger partial charge is 0.407 e. The van der Waals surface area contributed by atoms with Gasteiger partial charge in [0, 0.05) is 19.3 Å². The van der Waals surface area contributed by atoms with Gasteiger partial charge in [-0.2, -0.15) is 0 Å². The number of nitrogens with one attached hydrogen (secondary N) is 1. The van der Waals surface area contributed by atoms with E-state index < -0.39 is 0 Å². The van der Waals surface area contributed by atoms with E-state index in [1.165, 1.54) is 0 Å². The van der Waals surface area contributed by atoms with Gasteiger partial charge in [0.1, 0.15) is 6.10 Å². The summed E-state index contributed by atoms with van der Waals surface area (Å²) in [6.07, 6.45) is 1.60. The first-order valence-electron chi connectivity index (χ1n) is 5.38. The zero-order valence-electron chi connectivity index (χ0n) is 10.0. The van der Waals surface area contributed by atoms with Crippen LogP contribution in [0.15, 0.2) is 0 Å². The fraction of sp³-hybridized carbons (Fsp3) is 0.909. The first-order chi connectivity index (χ1) is 6.90. The molecule has 0 bridgehead atoms. The topological polar surface area (TPSA) is 47.6 Å². The van der Waals surface area contributed by atoms with Crippen LogP contribution in [-0.2, 0) is 9.47 Å². The summed E-state index contributed by atoms with van der Waals surface area (Å²) in [6.45, 7) is 6.56. The predicted molar refractivity (Wildman–Crippen MR) is 57.8 cm³/mol. The van der Waals surface area contributed by atoms with Crippen molar-refractivity contribution >= 4 is 6.09 Å². The van der Waals surface area contributed by atoms with Gasteiger partial charge >= 0.3 is 6.09 Å². The molecule has 1 aliphatic carbocycles. The molecule has 0 unspecified atom stereocenters. The second kappa shape index (κ2) is 4.84. The summed E-state index contributed by atoms with van der Waals surface area (Å²) in [5, 5.41) is 2.77. The zero-order chi connectivity index (χ0) is 11.5. The van der Waals surface area contributed by atoms with Crippen LogP contribution in [0, 0.1) is 5.92 Å². The van der Waals surface area contributed by atoms with Gasteiger partial charge in [0.25, 0.3) is 0 Å². The van der Waals surface area contributed by atoms with E-state index in [1.54, 1.807) is 7.11 Å². The molecule has 1 fully saturated rings. The fourth-order valence-corrected chi connectivity index (χ4v) is 1.63. The van der Waals surface area contributed by atoms with Gasteiger partial charge in [-0.1, -0.05) is 0 Å². The molecule has 0 aromatic rings. The molecule has 0 saturated heterocycles. The molecule has 0 aromatic heterocycles. The lowest BCUT2D eigenvalue weighted by Gasteiger charge is -2.34. The van der Waals surface area contributed by atoms with E-state index in [2.05, 4.69) is 5.32 Å². The zero-order valence-corrected chi connectivity index (χ0v) is 10.0. The van der Waals surface area contributed by atoms with Gasteiger partial charge in [0.15, 0.2) is 0 Å². The molecule has 1 rings (SSSR count). The molecule has 15 heavy (non-hydrogen) atoms. The van der Waals surface area contributed by atoms with Crippen LogP contribution in [0.2, 0.25) is 0 Å². The minimum absolute atomic E-state index is 0.0764. The molecule has 1 amide bonds. The highest BCUT2D eigenvalue weighted by molar-refractivity contribution is 5.68. The van der Waals surface area contributed by atoms with Crippen molar-refractivity contribution in [2.75, 3.05) is 13.7 Å². The molecule has 4 nitrogen and oxygen atoms in total. The fourth-order valence-electron chi connectivity index (χ4n) is 1.63. The Morgan fingerprint density at radius 1 is 1.40 bits per heavy atom. The quantitative estimate of drug-likeness (QED) is 0.782. The Bertz CT molecular complexity index is 216. The van der Waals surface area contributed by atoms with Crippen LogP contribution in [0.3, 0.4) is 0 Å². The largest absolute Gasteiger partial charge is 0.446 e. The van der Waals surface area contributed by atoms with Gasteiger partial charge in [-0.3, -0.25) is 0 Å². The number of rotatable bonds is 3. The van der Waals surface area contributed by atoms with E-state index >= 15 is 0 Å². The molecular formula is C11H21NO3. The number of carbonyl (C=O) groups is 1. The van der Waals surface area contributed by atoms with Crippen LogP contribution >= 0.6 is 0 Å². The van der Waals surface area contributed by atoms with Gasteiger partial charge in [-0.15, -0.1) is 0 Å². The first kappa shape index (κ1) is 12.3. The van der Waals surface area contributed by atoms with Crippen molar-refractivity contribution in [3.63, 3.8) is 0 Å². The highest BCUT2D eigenvalue weighted by Crippen LogP contribution is 2.30. The van der Waals surface area contributed by atoms with E-state index in [0.29, 0.717) is 5.92 Å². The van der Waals surface area contributed by atoms with E-state index in [4.69, 9.17) is 9.47 Å². The van der Waals surface area contributed by atoms with Crippen molar-refractivity contribution < 1.29 is 14.3 Å². The van der Waals surface area contributed by atoms with E-state index in [0.717, 1.165) is 19.4 Å². The Kier molecular flexibility index (Phi) is 3.97. The molecule has 0 atom stereocenters. The van der Waals surface area contributed by atoms with Gasteiger partial charge in [0.05, 0.1) is 0 Å². The maximum atomic E-state index is 11.4. The van der Waals surface area contributed by atoms with Gasteiger partial charge < -0.3 is 14.8 Å². The van der Waals surface area contributed by atoms with Crippen LogP contribution in [0.5, 0.6) is 0 Å². The average Bonchev–Trinajstić information content (AvgIpc) is 1.97. The van der Waals surface area contributed by atoms with Crippen molar-refractivity contribution in [3.05, 3.63) is 0 Å². The maximum Gasteiger partial charge on any atom is 0.407 e. The van der Waals surface area contributed by atoms with Crippen molar-refractivity contribution in [1.29, 1.82) is 0 Å². The molecule has 0 aromatic carbocycles. The second-order valence-corrected chi connectivity index (χ2v) is 5.20. The minimum Gasteiger partial charge on any atom is -0.446 e. The number of methoxy groups -OCH3 is 1. The summed E-state index contributed by atoms with van der Waals surface area (Å²) in [5.74, 6) is 0.558. The number of hydrogen-bond donors (Lipinski definition) is 1. The summed E-state index contributed by atoms with van der Waals surface area (Å²) in [6, 6.07) is 0. The summed E-state index contributed by atoms with van der Waals surface area (Å²) in [4.78, 5) is 11.4. The summed E-state index contributed by atoms with van der Waals surface area (Å²) in [5.41, 5.74) is -0.229. The van der Waals surface area contributed by atoms with E-state index in [9.17, 15) is 4.79 Å². The van der Waals surface area contributed by atoms with Crippen LogP contribution in [0.25, 0.3) is 0 Å². The number of hydrogen-bond acceptors (Lipinski definition) is 3. The highest BCUT2D eigenvalue weighted by atomic mass is 16.6. The Hall–Kier alpha value is -0.770. The summed E-state index contributed by atoms with van der Waals surface area (Å²) in [7, 11) is 1.69. The third-order valence-corrected chi connectivity index (χ3v) is 2.35. The van der Waals surface area contributed by atoms with E-state index in [-0.39, 0.29) is 17.7 Å². The van der Waals surface area contributed by atoms with Crippen LogP contribution < -0.4 is 5.32 Å². The molecule has 1 aliphatic rings. The van der Waals surface area contributed by atoms with Crippen molar-refractivity contribution in [3.8, 4) is 0 Å². The van der Waals surface area contributed by atoms with Crippen LogP contribution in [-0.4, -0.2) is 31.5 Å². The molecule has 88 valence electrons. The van der Waals surface area contributed by atoms with Crippen molar-refractivity contribution in [1.82, 2.24) is 5.32 Å². The third-order valence-electron chi connectivity index (χ3n) is 2.35. The number of alkyl carbamates (subject to hydrolysis) is 1. The van der Waals surface area contributed by atoms with Gasteiger partial charge in [-0.25, -0.2) is 4.79 Å². The lowest BCUT2D eigenvalue weighted by molar-refractivity contribution is -0.0128. The van der Waals surface area contributed by atoms with E-state index in [1.807, 2.05) is 20.8 Å². The molecule has 1 N–H and O–H groups in total. The maximum absolute atomic E-state index is 11.4. The molecular weight excluding hydrogens is 194 g/mol. The van der Waals surface area contributed by atoms with Crippen LogP contribution in [0.4, 0.5) is 4.79 Å². The Labute approximate surface area is 91.3 Å². The lowest BCUT2D eigenvalue weighted by Crippen LogP contribution is -2.45. The molecule has 0 heterocycles. The SMILES string of the molecule is COCC1CC(OC(=O)NC(C)(C)C)C1.